The van der Waals surface area contributed by atoms with Gasteiger partial charge in [0, 0.05) is 0 Å². The van der Waals surface area contributed by atoms with Gasteiger partial charge in [-0.2, -0.15) is 4.39 Å². The van der Waals surface area contributed by atoms with E-state index < -0.39 is 23.2 Å². The van der Waals surface area contributed by atoms with E-state index in [9.17, 15) is 13.6 Å². The highest BCUT2D eigenvalue weighted by atomic mass is 19.2. The van der Waals surface area contributed by atoms with E-state index in [1.807, 2.05) is 0 Å². The third-order valence-electron chi connectivity index (χ3n) is 6.78. The Morgan fingerprint density at radius 1 is 0.968 bits per heavy atom. The van der Waals surface area contributed by atoms with Gasteiger partial charge >= 0.3 is 5.97 Å². The minimum atomic E-state index is -1.48. The maximum atomic E-state index is 14.5. The molecule has 1 aliphatic carbocycles. The van der Waals surface area contributed by atoms with Crippen molar-refractivity contribution < 1.29 is 23.4 Å². The number of aromatic carboxylic acids is 1. The van der Waals surface area contributed by atoms with E-state index in [1.54, 1.807) is 0 Å². The summed E-state index contributed by atoms with van der Waals surface area (Å²) in [4.78, 5) is 11.1. The van der Waals surface area contributed by atoms with Crippen LogP contribution in [0.2, 0.25) is 0 Å². The Labute approximate surface area is 186 Å². The molecular formula is C26H40F2O3. The highest BCUT2D eigenvalue weighted by molar-refractivity contribution is 5.88. The molecular weight excluding hydrogens is 398 g/mol. The standard InChI is InChI=1S/C26H40F2O3/c1-3-5-7-8-10-12-22(20-15-13-19(14-16-20)11-9-6-4-2)31-23-18-17-21(26(29)30)24(27)25(23)28/h17-20,22H,3-16H2,1-2H3,(H,29,30). The van der Waals surface area contributed by atoms with Crippen molar-refractivity contribution >= 4 is 5.97 Å². The average Bonchev–Trinajstić information content (AvgIpc) is 2.76. The molecule has 3 nitrogen and oxygen atoms in total. The van der Waals surface area contributed by atoms with Crippen LogP contribution in [0.15, 0.2) is 12.1 Å². The minimum Gasteiger partial charge on any atom is -0.487 e. The molecule has 1 unspecified atom stereocenters. The van der Waals surface area contributed by atoms with Crippen molar-refractivity contribution in [1.29, 1.82) is 0 Å². The number of halogens is 2. The molecule has 1 fully saturated rings. The molecule has 0 spiro atoms. The van der Waals surface area contributed by atoms with Gasteiger partial charge in [0.05, 0.1) is 5.56 Å². The summed E-state index contributed by atoms with van der Waals surface area (Å²) in [5.41, 5.74) is -0.659. The summed E-state index contributed by atoms with van der Waals surface area (Å²) >= 11 is 0. The van der Waals surface area contributed by atoms with E-state index in [-0.39, 0.29) is 11.9 Å². The number of hydrogen-bond acceptors (Lipinski definition) is 2. The molecule has 176 valence electrons. The maximum Gasteiger partial charge on any atom is 0.338 e. The van der Waals surface area contributed by atoms with Crippen LogP contribution in [0.5, 0.6) is 5.75 Å². The van der Waals surface area contributed by atoms with Crippen molar-refractivity contribution in [2.24, 2.45) is 11.8 Å². The Hall–Kier alpha value is -1.65. The summed E-state index contributed by atoms with van der Waals surface area (Å²) in [5, 5.41) is 9.01. The predicted molar refractivity (Wildman–Crippen MR) is 121 cm³/mol. The molecule has 1 saturated carbocycles. The predicted octanol–water partition coefficient (Wildman–Crippen LogP) is 8.16. The van der Waals surface area contributed by atoms with Crippen molar-refractivity contribution in [2.75, 3.05) is 0 Å². The third kappa shape index (κ3) is 8.08. The molecule has 0 aliphatic heterocycles. The molecule has 1 aliphatic rings. The molecule has 0 heterocycles. The van der Waals surface area contributed by atoms with E-state index in [4.69, 9.17) is 9.84 Å². The minimum absolute atomic E-state index is 0.150. The second-order valence-corrected chi connectivity index (χ2v) is 9.18. The molecule has 0 bridgehead atoms. The van der Waals surface area contributed by atoms with E-state index in [0.29, 0.717) is 5.92 Å². The zero-order valence-corrected chi connectivity index (χ0v) is 19.3. The third-order valence-corrected chi connectivity index (χ3v) is 6.78. The lowest BCUT2D eigenvalue weighted by Crippen LogP contribution is -2.31. The first-order valence-electron chi connectivity index (χ1n) is 12.4. The van der Waals surface area contributed by atoms with Crippen LogP contribution in [-0.4, -0.2) is 17.2 Å². The molecule has 31 heavy (non-hydrogen) atoms. The van der Waals surface area contributed by atoms with Crippen LogP contribution in [0, 0.1) is 23.5 Å². The summed E-state index contributed by atoms with van der Waals surface area (Å²) in [6, 6.07) is 2.36. The molecule has 5 heteroatoms. The van der Waals surface area contributed by atoms with Crippen molar-refractivity contribution in [3.05, 3.63) is 29.3 Å². The highest BCUT2D eigenvalue weighted by Gasteiger charge is 2.30. The van der Waals surface area contributed by atoms with Gasteiger partial charge in [0.15, 0.2) is 11.6 Å². The Kier molecular flexibility index (Phi) is 11.3. The fraction of sp³-hybridized carbons (Fsp3) is 0.731. The Morgan fingerprint density at radius 2 is 1.61 bits per heavy atom. The van der Waals surface area contributed by atoms with Gasteiger partial charge in [-0.1, -0.05) is 78.1 Å². The fourth-order valence-electron chi connectivity index (χ4n) is 4.82. The lowest BCUT2D eigenvalue weighted by Gasteiger charge is -2.34. The van der Waals surface area contributed by atoms with Gasteiger partial charge in [0.1, 0.15) is 6.10 Å². The number of hydrogen-bond donors (Lipinski definition) is 1. The Morgan fingerprint density at radius 3 is 2.26 bits per heavy atom. The fourth-order valence-corrected chi connectivity index (χ4v) is 4.82. The SMILES string of the molecule is CCCCCCCC(Oc1ccc(C(=O)O)c(F)c1F)C1CCC(CCCCC)CC1. The molecule has 1 aromatic rings. The Bertz CT molecular complexity index is 669. The largest absolute Gasteiger partial charge is 0.487 e. The summed E-state index contributed by atoms with van der Waals surface area (Å²) in [5.74, 6) is -3.05. The van der Waals surface area contributed by atoms with Gasteiger partial charge in [0.2, 0.25) is 5.82 Å². The van der Waals surface area contributed by atoms with Gasteiger partial charge in [-0.25, -0.2) is 9.18 Å². The quantitative estimate of drug-likeness (QED) is 0.298. The summed E-state index contributed by atoms with van der Waals surface area (Å²) in [6.07, 6.45) is 16.0. The topological polar surface area (TPSA) is 46.5 Å². The first-order valence-corrected chi connectivity index (χ1v) is 12.4. The molecule has 1 atom stereocenters. The molecule has 0 radical (unpaired) electrons. The summed E-state index contributed by atoms with van der Waals surface area (Å²) in [7, 11) is 0. The smallest absolute Gasteiger partial charge is 0.338 e. The number of unbranched alkanes of at least 4 members (excludes halogenated alkanes) is 6. The molecule has 0 saturated heterocycles. The van der Waals surface area contributed by atoms with Crippen molar-refractivity contribution in [3.63, 3.8) is 0 Å². The van der Waals surface area contributed by atoms with Crippen LogP contribution in [0.25, 0.3) is 0 Å². The second-order valence-electron chi connectivity index (χ2n) is 9.18. The average molecular weight is 439 g/mol. The van der Waals surface area contributed by atoms with Crippen LogP contribution in [0.3, 0.4) is 0 Å². The zero-order valence-electron chi connectivity index (χ0n) is 19.3. The van der Waals surface area contributed by atoms with Crippen LogP contribution in [-0.2, 0) is 0 Å². The number of carboxylic acid groups (broad SMARTS) is 1. The monoisotopic (exact) mass is 438 g/mol. The van der Waals surface area contributed by atoms with Crippen LogP contribution in [0.1, 0.15) is 114 Å². The zero-order chi connectivity index (χ0) is 22.6. The number of carboxylic acids is 1. The Balaban J connectivity index is 2.02. The second kappa shape index (κ2) is 13.7. The first kappa shape index (κ1) is 25.6. The van der Waals surface area contributed by atoms with E-state index >= 15 is 0 Å². The van der Waals surface area contributed by atoms with Crippen LogP contribution < -0.4 is 4.74 Å². The van der Waals surface area contributed by atoms with E-state index in [0.717, 1.165) is 44.1 Å². The van der Waals surface area contributed by atoms with Crippen molar-refractivity contribution in [2.45, 2.75) is 110 Å². The molecule has 1 N–H and O–H groups in total. The number of benzene rings is 1. The van der Waals surface area contributed by atoms with E-state index in [2.05, 4.69) is 13.8 Å². The first-order chi connectivity index (χ1) is 15.0. The number of rotatable bonds is 14. The molecule has 1 aromatic carbocycles. The lowest BCUT2D eigenvalue weighted by atomic mass is 9.76. The highest BCUT2D eigenvalue weighted by Crippen LogP contribution is 2.37. The molecule has 0 aromatic heterocycles. The van der Waals surface area contributed by atoms with Crippen LogP contribution in [0.4, 0.5) is 8.78 Å². The van der Waals surface area contributed by atoms with Gasteiger partial charge in [0.25, 0.3) is 0 Å². The van der Waals surface area contributed by atoms with Gasteiger partial charge < -0.3 is 9.84 Å². The van der Waals surface area contributed by atoms with E-state index in [1.165, 1.54) is 63.9 Å². The number of carbonyl (C=O) groups is 1. The molecule has 2 rings (SSSR count). The van der Waals surface area contributed by atoms with Gasteiger partial charge in [-0.05, 0) is 49.7 Å². The normalized spacial score (nSPS) is 19.9. The van der Waals surface area contributed by atoms with Gasteiger partial charge in [-0.3, -0.25) is 0 Å². The van der Waals surface area contributed by atoms with Crippen LogP contribution >= 0.6 is 0 Å². The van der Waals surface area contributed by atoms with Crippen molar-refractivity contribution in [3.8, 4) is 5.75 Å². The summed E-state index contributed by atoms with van der Waals surface area (Å²) < 4.78 is 34.7. The summed E-state index contributed by atoms with van der Waals surface area (Å²) in [6.45, 7) is 4.41. The number of ether oxygens (including phenoxy) is 1. The molecule has 0 amide bonds. The lowest BCUT2D eigenvalue weighted by molar-refractivity contribution is 0.0687. The maximum absolute atomic E-state index is 14.5. The van der Waals surface area contributed by atoms with Crippen molar-refractivity contribution in [1.82, 2.24) is 0 Å². The van der Waals surface area contributed by atoms with Gasteiger partial charge in [-0.15, -0.1) is 0 Å².